The molecule has 0 unspecified atom stereocenters. The van der Waals surface area contributed by atoms with E-state index in [0.717, 1.165) is 45.3 Å². The van der Waals surface area contributed by atoms with E-state index < -0.39 is 0 Å². The van der Waals surface area contributed by atoms with Crippen LogP contribution in [0.2, 0.25) is 0 Å². The fourth-order valence-electron chi connectivity index (χ4n) is 4.95. The van der Waals surface area contributed by atoms with Crippen molar-refractivity contribution in [2.45, 2.75) is 0 Å². The van der Waals surface area contributed by atoms with Crippen LogP contribution in [-0.4, -0.2) is 4.92 Å². The van der Waals surface area contributed by atoms with Crippen LogP contribution >= 0.6 is 0 Å². The molecular weight excluding hydrogens is 506 g/mol. The van der Waals surface area contributed by atoms with E-state index in [4.69, 9.17) is 0 Å². The Hall–Kier alpha value is -5.68. The van der Waals surface area contributed by atoms with Gasteiger partial charge in [-0.3, -0.25) is 10.1 Å². The predicted molar refractivity (Wildman–Crippen MR) is 168 cm³/mol. The van der Waals surface area contributed by atoms with E-state index in [1.807, 2.05) is 42.5 Å². The van der Waals surface area contributed by atoms with Crippen LogP contribution in [0.3, 0.4) is 0 Å². The highest BCUT2D eigenvalue weighted by atomic mass is 16.6. The van der Waals surface area contributed by atoms with Crippen LogP contribution < -0.4 is 9.80 Å². The molecule has 0 aliphatic rings. The number of non-ortho nitro benzene ring substituents is 1. The molecule has 6 rings (SSSR count). The third-order valence-electron chi connectivity index (χ3n) is 6.95. The van der Waals surface area contributed by atoms with Gasteiger partial charge in [0.2, 0.25) is 0 Å². The molecule has 0 aliphatic heterocycles. The fraction of sp³-hybridized carbons (Fsp3) is 0. The van der Waals surface area contributed by atoms with Crippen molar-refractivity contribution in [1.29, 1.82) is 0 Å². The van der Waals surface area contributed by atoms with Gasteiger partial charge in [-0.2, -0.15) is 0 Å². The van der Waals surface area contributed by atoms with Crippen LogP contribution in [0.5, 0.6) is 0 Å². The Morgan fingerprint density at radius 1 is 0.366 bits per heavy atom. The first-order valence-corrected chi connectivity index (χ1v) is 13.4. The van der Waals surface area contributed by atoms with Crippen LogP contribution in [0.4, 0.5) is 39.8 Å². The second-order valence-corrected chi connectivity index (χ2v) is 9.54. The van der Waals surface area contributed by atoms with Gasteiger partial charge >= 0.3 is 0 Å². The van der Waals surface area contributed by atoms with Crippen molar-refractivity contribution >= 4 is 39.8 Å². The van der Waals surface area contributed by atoms with Crippen LogP contribution in [0, 0.1) is 10.1 Å². The molecule has 0 spiro atoms. The van der Waals surface area contributed by atoms with Gasteiger partial charge in [0.1, 0.15) is 0 Å². The molecule has 0 radical (unpaired) electrons. The lowest BCUT2D eigenvalue weighted by molar-refractivity contribution is -0.384. The molecule has 0 aromatic heterocycles. The average Bonchev–Trinajstić information content (AvgIpc) is 3.04. The lowest BCUT2D eigenvalue weighted by Gasteiger charge is -2.26. The minimum atomic E-state index is -0.379. The summed E-state index contributed by atoms with van der Waals surface area (Å²) in [6, 6.07) is 54.3. The summed E-state index contributed by atoms with van der Waals surface area (Å²) in [6.45, 7) is 0. The predicted octanol–water partition coefficient (Wildman–Crippen LogP) is 10.2. The highest BCUT2D eigenvalue weighted by Gasteiger charge is 2.15. The summed E-state index contributed by atoms with van der Waals surface area (Å²) in [5.41, 5.74) is 8.35. The summed E-state index contributed by atoms with van der Waals surface area (Å²) >= 11 is 0. The van der Waals surface area contributed by atoms with Crippen molar-refractivity contribution in [2.24, 2.45) is 0 Å². The van der Waals surface area contributed by atoms with Crippen LogP contribution in [0.15, 0.2) is 164 Å². The summed E-state index contributed by atoms with van der Waals surface area (Å²) in [4.78, 5) is 15.1. The Morgan fingerprint density at radius 2 is 0.634 bits per heavy atom. The highest BCUT2D eigenvalue weighted by molar-refractivity contribution is 5.80. The Kier molecular flexibility index (Phi) is 7.24. The molecule has 0 saturated heterocycles. The van der Waals surface area contributed by atoms with E-state index >= 15 is 0 Å². The van der Waals surface area contributed by atoms with Gasteiger partial charge in [0, 0.05) is 46.3 Å². The number of hydrogen-bond acceptors (Lipinski definition) is 4. The average molecular weight is 534 g/mol. The lowest BCUT2D eigenvalue weighted by atomic mass is 10.0. The molecule has 0 amide bonds. The Balaban J connectivity index is 1.31. The number of anilines is 6. The molecule has 6 aromatic rings. The molecule has 6 aromatic carbocycles. The van der Waals surface area contributed by atoms with Gasteiger partial charge in [-0.15, -0.1) is 0 Å². The second-order valence-electron chi connectivity index (χ2n) is 9.54. The van der Waals surface area contributed by atoms with Gasteiger partial charge in [0.15, 0.2) is 0 Å². The summed E-state index contributed by atoms with van der Waals surface area (Å²) in [5, 5.41) is 11.2. The van der Waals surface area contributed by atoms with Crippen molar-refractivity contribution in [3.05, 3.63) is 174 Å². The van der Waals surface area contributed by atoms with E-state index in [9.17, 15) is 10.1 Å². The first-order valence-electron chi connectivity index (χ1n) is 13.4. The van der Waals surface area contributed by atoms with Crippen molar-refractivity contribution in [3.63, 3.8) is 0 Å². The van der Waals surface area contributed by atoms with Crippen LogP contribution in [0.1, 0.15) is 0 Å². The zero-order valence-corrected chi connectivity index (χ0v) is 22.2. The third kappa shape index (κ3) is 5.56. The molecule has 5 nitrogen and oxygen atoms in total. The molecule has 0 fully saturated rings. The van der Waals surface area contributed by atoms with E-state index in [-0.39, 0.29) is 10.6 Å². The molecular formula is C36H27N3O2. The molecule has 5 heteroatoms. The lowest BCUT2D eigenvalue weighted by Crippen LogP contribution is -2.10. The number of nitrogens with zero attached hydrogens (tertiary/aromatic N) is 3. The van der Waals surface area contributed by atoms with Gasteiger partial charge in [0.25, 0.3) is 5.69 Å². The van der Waals surface area contributed by atoms with E-state index in [0.29, 0.717) is 0 Å². The van der Waals surface area contributed by atoms with Crippen molar-refractivity contribution in [2.75, 3.05) is 9.80 Å². The van der Waals surface area contributed by atoms with Gasteiger partial charge in [-0.1, -0.05) is 78.9 Å². The Labute approximate surface area is 239 Å². The standard InChI is InChI=1S/C36H27N3O2/c40-39(41)36-26-24-35(25-27-36)38(32-14-8-3-9-15-32)34-22-18-29(19-23-34)28-16-20-33(21-17-28)37(30-10-4-1-5-11-30)31-12-6-2-7-13-31/h1-27H. The summed E-state index contributed by atoms with van der Waals surface area (Å²) < 4.78 is 0. The quantitative estimate of drug-likeness (QED) is 0.144. The fourth-order valence-corrected chi connectivity index (χ4v) is 4.95. The number of nitro benzene ring substituents is 1. The molecule has 0 bridgehead atoms. The van der Waals surface area contributed by atoms with E-state index in [1.54, 1.807) is 12.1 Å². The number of rotatable bonds is 8. The molecule has 0 saturated carbocycles. The van der Waals surface area contributed by atoms with Gasteiger partial charge < -0.3 is 9.80 Å². The first-order chi connectivity index (χ1) is 20.2. The summed E-state index contributed by atoms with van der Waals surface area (Å²) in [6.07, 6.45) is 0. The minimum Gasteiger partial charge on any atom is -0.311 e. The molecule has 0 atom stereocenters. The largest absolute Gasteiger partial charge is 0.311 e. The van der Waals surface area contributed by atoms with Crippen molar-refractivity contribution < 1.29 is 4.92 Å². The molecule has 0 N–H and O–H groups in total. The smallest absolute Gasteiger partial charge is 0.269 e. The Bertz CT molecular complexity index is 1680. The number of para-hydroxylation sites is 3. The highest BCUT2D eigenvalue weighted by Crippen LogP contribution is 2.38. The molecule has 41 heavy (non-hydrogen) atoms. The normalized spacial score (nSPS) is 10.6. The van der Waals surface area contributed by atoms with Crippen LogP contribution in [0.25, 0.3) is 11.1 Å². The van der Waals surface area contributed by atoms with E-state index in [1.165, 1.54) is 12.1 Å². The van der Waals surface area contributed by atoms with Crippen LogP contribution in [-0.2, 0) is 0 Å². The van der Waals surface area contributed by atoms with E-state index in [2.05, 4.69) is 107 Å². The summed E-state index contributed by atoms with van der Waals surface area (Å²) in [5.74, 6) is 0. The van der Waals surface area contributed by atoms with Crippen molar-refractivity contribution in [3.8, 4) is 11.1 Å². The zero-order valence-electron chi connectivity index (χ0n) is 22.2. The maximum atomic E-state index is 11.2. The number of hydrogen-bond donors (Lipinski definition) is 0. The first kappa shape index (κ1) is 25.6. The summed E-state index contributed by atoms with van der Waals surface area (Å²) in [7, 11) is 0. The monoisotopic (exact) mass is 533 g/mol. The minimum absolute atomic E-state index is 0.0682. The second kappa shape index (κ2) is 11.6. The Morgan fingerprint density at radius 3 is 0.927 bits per heavy atom. The molecule has 198 valence electrons. The maximum Gasteiger partial charge on any atom is 0.269 e. The van der Waals surface area contributed by atoms with Gasteiger partial charge in [0.05, 0.1) is 4.92 Å². The molecule has 0 aliphatic carbocycles. The topological polar surface area (TPSA) is 49.6 Å². The van der Waals surface area contributed by atoms with Gasteiger partial charge in [-0.25, -0.2) is 0 Å². The SMILES string of the molecule is O=[N+]([O-])c1ccc(N(c2ccccc2)c2ccc(-c3ccc(N(c4ccccc4)c4ccccc4)cc3)cc2)cc1. The molecule has 0 heterocycles. The van der Waals surface area contributed by atoms with Crippen molar-refractivity contribution in [1.82, 2.24) is 0 Å². The zero-order chi connectivity index (χ0) is 28.0. The number of benzene rings is 6. The van der Waals surface area contributed by atoms with Gasteiger partial charge in [-0.05, 0) is 83.9 Å². The number of nitro groups is 1. The maximum absolute atomic E-state index is 11.2. The third-order valence-corrected chi connectivity index (χ3v) is 6.95.